The number of aliphatic imine (C=N–C) groups is 2. The van der Waals surface area contributed by atoms with Crippen LogP contribution in [-0.2, 0) is 21.1 Å². The fourth-order valence-electron chi connectivity index (χ4n) is 8.41. The monoisotopic (exact) mass is 1010 g/mol. The Hall–Kier alpha value is -4.62. The lowest BCUT2D eigenvalue weighted by atomic mass is 9.81. The Bertz CT molecular complexity index is 2470. The molecule has 66 heavy (non-hydrogen) atoms. The minimum Gasteiger partial charge on any atom is -0.489 e. The fourth-order valence-corrected chi connectivity index (χ4v) is 9.16. The van der Waals surface area contributed by atoms with Gasteiger partial charge in [0.1, 0.15) is 23.7 Å². The molecule has 0 aliphatic carbocycles. The number of halogens is 3. The van der Waals surface area contributed by atoms with Crippen molar-refractivity contribution in [2.45, 2.75) is 77.0 Å². The number of hydroxylamine groups is 4. The SMILES string of the molecule is CC(C)=CC(CCO)C1CC2(N=C(N)N(C)O2)c2cc(-c3cccc(Cl)c3)ccc2O1.CC(C)=CC(CCO)C1CC2(N=C(N)N(C)O2)c2cc(Br)ccc2O1.OB(O)c1cccc(Cl)c1. The summed E-state index contributed by atoms with van der Waals surface area (Å²) >= 11 is 15.3. The fraction of sp³-hybridized carbons (Fsp3) is 0.375. The molecule has 352 valence electrons. The number of benzene rings is 4. The number of nitrogens with zero attached hydrogens (tertiary/aromatic N) is 4. The summed E-state index contributed by atoms with van der Waals surface area (Å²) in [5, 5.41) is 40.6. The molecule has 2 spiro atoms. The Morgan fingerprint density at radius 1 is 0.727 bits per heavy atom. The third-order valence-corrected chi connectivity index (χ3v) is 12.3. The van der Waals surface area contributed by atoms with E-state index >= 15 is 0 Å². The summed E-state index contributed by atoms with van der Waals surface area (Å²) in [6, 6.07) is 26.0. The first-order valence-corrected chi connectivity index (χ1v) is 23.1. The molecule has 8 N–H and O–H groups in total. The first-order chi connectivity index (χ1) is 31.3. The molecule has 0 aromatic heterocycles. The summed E-state index contributed by atoms with van der Waals surface area (Å²) in [6.07, 6.45) is 6.13. The summed E-state index contributed by atoms with van der Waals surface area (Å²) in [4.78, 5) is 21.7. The van der Waals surface area contributed by atoms with Gasteiger partial charge in [-0.05, 0) is 112 Å². The average Bonchev–Trinajstić information content (AvgIpc) is 3.71. The van der Waals surface area contributed by atoms with Crippen LogP contribution in [0.2, 0.25) is 10.0 Å². The van der Waals surface area contributed by atoms with Gasteiger partial charge >= 0.3 is 7.12 Å². The zero-order valence-electron chi connectivity index (χ0n) is 37.9. The van der Waals surface area contributed by atoms with E-state index < -0.39 is 18.6 Å². The van der Waals surface area contributed by atoms with Crippen molar-refractivity contribution in [3.05, 3.63) is 134 Å². The van der Waals surface area contributed by atoms with Crippen LogP contribution in [0, 0.1) is 11.8 Å². The molecule has 6 unspecified atom stereocenters. The third-order valence-electron chi connectivity index (χ3n) is 11.4. The van der Waals surface area contributed by atoms with Crippen LogP contribution in [0.3, 0.4) is 0 Å². The van der Waals surface area contributed by atoms with Crippen LogP contribution in [0.15, 0.2) is 123 Å². The van der Waals surface area contributed by atoms with E-state index in [0.29, 0.717) is 58.9 Å². The molecule has 0 amide bonds. The number of allylic oxidation sites excluding steroid dienone is 2. The van der Waals surface area contributed by atoms with E-state index in [1.54, 1.807) is 32.3 Å². The van der Waals surface area contributed by atoms with Gasteiger partial charge in [-0.1, -0.05) is 92.8 Å². The Labute approximate surface area is 405 Å². The van der Waals surface area contributed by atoms with Crippen LogP contribution in [0.1, 0.15) is 64.5 Å². The maximum absolute atomic E-state index is 9.62. The number of aliphatic hydroxyl groups excluding tert-OH is 2. The summed E-state index contributed by atoms with van der Waals surface area (Å²) in [5.41, 5.74) is 16.7. The van der Waals surface area contributed by atoms with E-state index in [1.807, 2.05) is 88.4 Å². The van der Waals surface area contributed by atoms with Gasteiger partial charge < -0.3 is 41.2 Å². The molecule has 8 rings (SSSR count). The number of nitrogens with two attached hydrogens (primary N) is 2. The van der Waals surface area contributed by atoms with Crippen LogP contribution < -0.4 is 26.4 Å². The third kappa shape index (κ3) is 12.1. The van der Waals surface area contributed by atoms with E-state index in [1.165, 1.54) is 27.3 Å². The molecule has 0 saturated heterocycles. The number of hydrogen-bond donors (Lipinski definition) is 6. The van der Waals surface area contributed by atoms with Gasteiger partial charge in [-0.3, -0.25) is 0 Å². The van der Waals surface area contributed by atoms with E-state index in [9.17, 15) is 10.2 Å². The van der Waals surface area contributed by atoms with Gasteiger partial charge in [0.25, 0.3) is 0 Å². The summed E-state index contributed by atoms with van der Waals surface area (Å²) < 4.78 is 13.6. The van der Waals surface area contributed by atoms with Gasteiger partial charge in [0.15, 0.2) is 0 Å². The van der Waals surface area contributed by atoms with Crippen LogP contribution in [0.25, 0.3) is 11.1 Å². The lowest BCUT2D eigenvalue weighted by molar-refractivity contribution is -0.193. The average molecular weight is 1010 g/mol. The van der Waals surface area contributed by atoms with Crippen molar-refractivity contribution in [3.63, 3.8) is 0 Å². The van der Waals surface area contributed by atoms with Gasteiger partial charge in [-0.2, -0.15) is 0 Å². The van der Waals surface area contributed by atoms with Crippen molar-refractivity contribution in [3.8, 4) is 22.6 Å². The largest absolute Gasteiger partial charge is 0.489 e. The highest BCUT2D eigenvalue weighted by molar-refractivity contribution is 9.10. The standard InChI is InChI=1S/C24H28ClN3O3.C18H24BrN3O3.C6H6BClO2/c1-15(2)11-18(9-10-29)22-14-24(27-23(26)28(3)31-24)20-13-17(7-8-21(20)30-22)16-5-4-6-19(25)12-16;1-11(2)8-12(6-7-23)16-10-18(21-17(20)22(3)25-18)14-9-13(19)4-5-15(14)24-16;8-6-3-1-2-5(4-6)7(9)10/h4-8,11-13,18,22,29H,9-10,14H2,1-3H3,(H2,26,27);4-5,8-9,12,16,23H,6-7,10H2,1-3H3,(H2,20,21);1-4,9-10H. The van der Waals surface area contributed by atoms with E-state index in [4.69, 9.17) is 68.9 Å². The smallest absolute Gasteiger partial charge is 0.488 e. The molecule has 4 aliphatic rings. The molecule has 0 saturated carbocycles. The second kappa shape index (κ2) is 22.0. The molecule has 0 fully saturated rings. The zero-order chi connectivity index (χ0) is 47.9. The molecule has 4 aromatic rings. The highest BCUT2D eigenvalue weighted by atomic mass is 79.9. The second-order valence-corrected chi connectivity index (χ2v) is 18.8. The number of guanidine groups is 2. The molecule has 18 heteroatoms. The minimum atomic E-state index is -1.43. The molecule has 0 radical (unpaired) electrons. The summed E-state index contributed by atoms with van der Waals surface area (Å²) in [5.74, 6) is 2.19. The molecule has 6 atom stereocenters. The predicted molar refractivity (Wildman–Crippen MR) is 264 cm³/mol. The number of fused-ring (bicyclic) bond motifs is 4. The molecule has 14 nitrogen and oxygen atoms in total. The van der Waals surface area contributed by atoms with Gasteiger partial charge in [-0.25, -0.2) is 29.8 Å². The molecular weight excluding hydrogens is 950 g/mol. The summed E-state index contributed by atoms with van der Waals surface area (Å²) in [6.45, 7) is 8.36. The number of aliphatic hydroxyl groups is 2. The Balaban J connectivity index is 0.000000183. The van der Waals surface area contributed by atoms with Gasteiger partial charge in [0, 0.05) is 66.5 Å². The highest BCUT2D eigenvalue weighted by Gasteiger charge is 2.51. The lowest BCUT2D eigenvalue weighted by Crippen LogP contribution is -2.42. The van der Waals surface area contributed by atoms with Crippen LogP contribution in [0.5, 0.6) is 11.5 Å². The molecule has 4 aliphatic heterocycles. The van der Waals surface area contributed by atoms with Crippen molar-refractivity contribution < 1.29 is 39.4 Å². The van der Waals surface area contributed by atoms with Crippen LogP contribution >= 0.6 is 39.1 Å². The van der Waals surface area contributed by atoms with Gasteiger partial charge in [0.2, 0.25) is 23.4 Å². The minimum absolute atomic E-state index is 0.0264. The number of hydrogen-bond acceptors (Lipinski definition) is 14. The van der Waals surface area contributed by atoms with Crippen molar-refractivity contribution in [1.29, 1.82) is 0 Å². The topological polar surface area (TPSA) is 201 Å². The Kier molecular flexibility index (Phi) is 16.9. The van der Waals surface area contributed by atoms with E-state index in [2.05, 4.69) is 33.1 Å². The van der Waals surface area contributed by atoms with E-state index in [-0.39, 0.29) is 37.3 Å². The quantitative estimate of drug-likeness (QED) is 0.0681. The number of rotatable bonds is 10. The van der Waals surface area contributed by atoms with Crippen LogP contribution in [0.4, 0.5) is 0 Å². The van der Waals surface area contributed by atoms with Crippen molar-refractivity contribution in [1.82, 2.24) is 10.1 Å². The Morgan fingerprint density at radius 2 is 1.20 bits per heavy atom. The number of ether oxygens (including phenoxy) is 2. The van der Waals surface area contributed by atoms with E-state index in [0.717, 1.165) is 32.5 Å². The van der Waals surface area contributed by atoms with Crippen molar-refractivity contribution in [2.75, 3.05) is 27.3 Å². The summed E-state index contributed by atoms with van der Waals surface area (Å²) in [7, 11) is 2.07. The van der Waals surface area contributed by atoms with Gasteiger partial charge in [0.05, 0.1) is 11.1 Å². The van der Waals surface area contributed by atoms with Gasteiger partial charge in [-0.15, -0.1) is 0 Å². The first-order valence-electron chi connectivity index (χ1n) is 21.6. The van der Waals surface area contributed by atoms with Crippen LogP contribution in [-0.4, -0.2) is 88.9 Å². The lowest BCUT2D eigenvalue weighted by Gasteiger charge is -2.39. The molecule has 0 bridgehead atoms. The second-order valence-electron chi connectivity index (χ2n) is 17.0. The normalized spacial score (nSPS) is 22.2. The molecule has 4 aromatic carbocycles. The predicted octanol–water partition coefficient (Wildman–Crippen LogP) is 7.40. The highest BCUT2D eigenvalue weighted by Crippen LogP contribution is 2.50. The maximum Gasteiger partial charge on any atom is 0.488 e. The van der Waals surface area contributed by atoms with Crippen molar-refractivity contribution in [2.24, 2.45) is 33.3 Å². The Morgan fingerprint density at radius 3 is 1.62 bits per heavy atom. The first kappa shape index (κ1) is 50.8. The maximum atomic E-state index is 9.62. The molecular formula is C48H58BBrCl2N6O8. The zero-order valence-corrected chi connectivity index (χ0v) is 41.0. The van der Waals surface area contributed by atoms with Crippen molar-refractivity contribution >= 4 is 63.6 Å². The molecule has 4 heterocycles.